The zero-order chi connectivity index (χ0) is 44.6. The van der Waals surface area contributed by atoms with Crippen molar-refractivity contribution < 1.29 is 22.8 Å². The van der Waals surface area contributed by atoms with Gasteiger partial charge in [-0.2, -0.15) is 10.2 Å². The number of halogens is 2. The molecule has 0 radical (unpaired) electrons. The fraction of sp³-hybridized carbons (Fsp3) is 0.391. The van der Waals surface area contributed by atoms with Crippen LogP contribution in [0.3, 0.4) is 0 Å². The van der Waals surface area contributed by atoms with Crippen LogP contribution < -0.4 is 11.4 Å². The molecule has 2 aliphatic carbocycles. The number of nitrogens with zero attached hydrogens (tertiary/aromatic N) is 11. The Morgan fingerprint density at radius 2 is 1.71 bits per heavy atom. The Balaban J connectivity index is 0.998. The van der Waals surface area contributed by atoms with E-state index in [4.69, 9.17) is 24.3 Å². The van der Waals surface area contributed by atoms with Crippen LogP contribution in [0, 0.1) is 31.4 Å². The summed E-state index contributed by atoms with van der Waals surface area (Å²) in [6.45, 7) is 8.75. The number of carbonyl (C=O) groups excluding carboxylic acids is 1. The highest BCUT2D eigenvalue weighted by Crippen LogP contribution is 2.56. The fourth-order valence-corrected chi connectivity index (χ4v) is 10.4. The number of hydrogen-bond acceptors (Lipinski definition) is 10. The Kier molecular flexibility index (Phi) is 8.67. The van der Waals surface area contributed by atoms with Crippen LogP contribution in [-0.4, -0.2) is 83.9 Å². The highest BCUT2D eigenvalue weighted by Gasteiger charge is 2.59. The molecule has 65 heavy (non-hydrogen) atoms. The lowest BCUT2D eigenvalue weighted by atomic mass is 9.97. The van der Waals surface area contributed by atoms with Crippen LogP contribution in [0.4, 0.5) is 8.78 Å². The zero-order valence-electron chi connectivity index (χ0n) is 36.1. The van der Waals surface area contributed by atoms with Crippen LogP contribution in [0.15, 0.2) is 69.2 Å². The van der Waals surface area contributed by atoms with E-state index in [2.05, 4.69) is 15.2 Å². The topological polar surface area (TPSA) is 182 Å². The van der Waals surface area contributed by atoms with E-state index < -0.39 is 28.8 Å². The molecule has 3 atom stereocenters. The SMILES string of the molecule is Cc1cc(-n2nc3c(c2-n2ccn(-c4ccc5c(cnn5C5CC5)c4F)c2=O)[C@H](C)N(C(=O)c2cc4nc(C5CCOCC5)cnc4n2[C@@]2(c4noc(=O)[nH]4)C[C@@H]2C)CC3)cc(C)c1F. The molecule has 6 aromatic heterocycles. The van der Waals surface area contributed by atoms with Crippen molar-refractivity contribution in [1.82, 2.24) is 58.3 Å². The van der Waals surface area contributed by atoms with Crippen molar-refractivity contribution in [3.8, 4) is 17.2 Å². The first-order chi connectivity index (χ1) is 31.4. The number of rotatable bonds is 8. The summed E-state index contributed by atoms with van der Waals surface area (Å²) >= 11 is 0. The van der Waals surface area contributed by atoms with E-state index in [-0.39, 0.29) is 47.7 Å². The van der Waals surface area contributed by atoms with Gasteiger partial charge in [-0.25, -0.2) is 33.0 Å². The van der Waals surface area contributed by atoms with Crippen molar-refractivity contribution in [3.05, 3.63) is 127 Å². The van der Waals surface area contributed by atoms with Crippen molar-refractivity contribution in [3.63, 3.8) is 0 Å². The Morgan fingerprint density at radius 3 is 2.42 bits per heavy atom. The highest BCUT2D eigenvalue weighted by atomic mass is 19.1. The highest BCUT2D eigenvalue weighted by molar-refractivity contribution is 5.98. The number of amides is 1. The van der Waals surface area contributed by atoms with E-state index in [9.17, 15) is 9.59 Å². The molecule has 1 N–H and O–H groups in total. The molecule has 2 aromatic carbocycles. The summed E-state index contributed by atoms with van der Waals surface area (Å²) in [5.41, 5.74) is 3.85. The maximum absolute atomic E-state index is 16.4. The van der Waals surface area contributed by atoms with E-state index in [1.54, 1.807) is 66.2 Å². The van der Waals surface area contributed by atoms with Gasteiger partial charge >= 0.3 is 11.4 Å². The molecule has 8 heterocycles. The quantitative estimate of drug-likeness (QED) is 0.183. The Hall–Kier alpha value is -7.02. The summed E-state index contributed by atoms with van der Waals surface area (Å²) in [6, 6.07) is 8.05. The van der Waals surface area contributed by atoms with Crippen molar-refractivity contribution in [2.75, 3.05) is 19.8 Å². The largest absolute Gasteiger partial charge is 0.438 e. The van der Waals surface area contributed by atoms with Gasteiger partial charge in [-0.05, 0) is 100 Å². The number of hydrogen-bond donors (Lipinski definition) is 1. The molecule has 0 bridgehead atoms. The van der Waals surface area contributed by atoms with Gasteiger partial charge in [0.15, 0.2) is 17.3 Å². The van der Waals surface area contributed by atoms with Crippen molar-refractivity contribution >= 4 is 28.0 Å². The summed E-state index contributed by atoms with van der Waals surface area (Å²) < 4.78 is 50.1. The zero-order valence-corrected chi connectivity index (χ0v) is 36.1. The molecule has 0 spiro atoms. The maximum atomic E-state index is 16.4. The standard InChI is InChI=1S/C46H44F2N12O5/c1-23-17-29(18-24(2)38(23)47)60-41(57-14-13-56(45(57)63)35-8-7-34-30(39(35)48)21-50-59(34)28-5-6-28)37-26(4)55(12-9-31(37)53-60)42(61)36-19-32-40(49-22-33(51-32)27-10-15-64-16-11-27)58(36)46(20-25(46)3)43-52-44(62)65-54-43/h7-8,13-14,17-19,21-22,25-28H,5-6,9-12,15-16,20H2,1-4H3,(H,52,54,62)/t25-,26-,46-/m0/s1. The predicted octanol–water partition coefficient (Wildman–Crippen LogP) is 6.25. The van der Waals surface area contributed by atoms with Crippen LogP contribution in [0.2, 0.25) is 0 Å². The van der Waals surface area contributed by atoms with Crippen LogP contribution >= 0.6 is 0 Å². The average molecular weight is 883 g/mol. The fourth-order valence-electron chi connectivity index (χ4n) is 10.4. The second-order valence-electron chi connectivity index (χ2n) is 18.1. The van der Waals surface area contributed by atoms with Gasteiger partial charge in [0.1, 0.15) is 28.4 Å². The molecule has 4 aliphatic rings. The van der Waals surface area contributed by atoms with Gasteiger partial charge in [0.2, 0.25) is 0 Å². The van der Waals surface area contributed by atoms with E-state index in [1.165, 1.54) is 21.5 Å². The number of aromatic amines is 1. The molecule has 332 valence electrons. The monoisotopic (exact) mass is 882 g/mol. The first-order valence-corrected chi connectivity index (χ1v) is 22.1. The summed E-state index contributed by atoms with van der Waals surface area (Å²) in [4.78, 5) is 57.1. The number of aryl methyl sites for hydroxylation is 2. The van der Waals surface area contributed by atoms with Crippen molar-refractivity contribution in [2.45, 2.75) is 89.8 Å². The second kappa shape index (κ2) is 14.2. The second-order valence-corrected chi connectivity index (χ2v) is 18.1. The lowest BCUT2D eigenvalue weighted by molar-refractivity contribution is 0.0663. The van der Waals surface area contributed by atoms with Gasteiger partial charge in [-0.1, -0.05) is 12.1 Å². The van der Waals surface area contributed by atoms with Crippen LogP contribution in [-0.2, 0) is 16.7 Å². The summed E-state index contributed by atoms with van der Waals surface area (Å²) in [7, 11) is 0. The van der Waals surface area contributed by atoms with Crippen LogP contribution in [0.25, 0.3) is 39.3 Å². The lowest BCUT2D eigenvalue weighted by Gasteiger charge is -2.34. The van der Waals surface area contributed by atoms with Gasteiger partial charge in [-0.3, -0.25) is 28.1 Å². The molecule has 3 fully saturated rings. The molecule has 1 saturated heterocycles. The molecule has 1 amide bonds. The normalized spacial score (nSPS) is 21.2. The number of H-pyrrole nitrogens is 1. The molecule has 2 aliphatic heterocycles. The van der Waals surface area contributed by atoms with Crippen LogP contribution in [0.5, 0.6) is 0 Å². The molecule has 19 heteroatoms. The van der Waals surface area contributed by atoms with Gasteiger partial charge < -0.3 is 14.2 Å². The first-order valence-electron chi connectivity index (χ1n) is 22.1. The van der Waals surface area contributed by atoms with E-state index in [0.29, 0.717) is 87.7 Å². The Bertz CT molecular complexity index is 3370. The van der Waals surface area contributed by atoms with Gasteiger partial charge in [0.25, 0.3) is 5.91 Å². The number of nitrogens with one attached hydrogen (secondary N) is 1. The predicted molar refractivity (Wildman–Crippen MR) is 231 cm³/mol. The maximum Gasteiger partial charge on any atom is 0.438 e. The third-order valence-electron chi connectivity index (χ3n) is 14.1. The summed E-state index contributed by atoms with van der Waals surface area (Å²) in [5, 5.41) is 13.9. The minimum Gasteiger partial charge on any atom is -0.381 e. The summed E-state index contributed by atoms with van der Waals surface area (Å²) in [5.74, 6) is -1.26. The minimum absolute atomic E-state index is 0.0570. The Morgan fingerprint density at radius 1 is 0.954 bits per heavy atom. The minimum atomic E-state index is -0.947. The van der Waals surface area contributed by atoms with E-state index >= 15 is 13.6 Å². The molecular formula is C46H44F2N12O5. The summed E-state index contributed by atoms with van der Waals surface area (Å²) in [6.07, 6.45) is 10.8. The van der Waals surface area contributed by atoms with Crippen molar-refractivity contribution in [1.29, 1.82) is 0 Å². The third kappa shape index (κ3) is 5.89. The smallest absolute Gasteiger partial charge is 0.381 e. The molecule has 12 rings (SSSR count). The average Bonchev–Trinajstić information content (AvgIpc) is 3.83. The number of fused-ring (bicyclic) bond motifs is 3. The number of ether oxygens (including phenoxy) is 1. The molecular weight excluding hydrogens is 839 g/mol. The van der Waals surface area contributed by atoms with Gasteiger partial charge in [0, 0.05) is 50.1 Å². The molecule has 17 nitrogen and oxygen atoms in total. The molecule has 2 saturated carbocycles. The van der Waals surface area contributed by atoms with E-state index in [0.717, 1.165) is 31.4 Å². The number of benzene rings is 2. The first kappa shape index (κ1) is 39.6. The van der Waals surface area contributed by atoms with E-state index in [1.807, 2.05) is 23.1 Å². The Labute approximate surface area is 368 Å². The number of aromatic nitrogens is 11. The number of carbonyl (C=O) groups is 1. The van der Waals surface area contributed by atoms with Gasteiger partial charge in [0.05, 0.1) is 58.1 Å². The molecule has 0 unspecified atom stereocenters. The van der Waals surface area contributed by atoms with Crippen molar-refractivity contribution in [2.24, 2.45) is 5.92 Å². The van der Waals surface area contributed by atoms with Gasteiger partial charge in [-0.15, -0.1) is 0 Å². The number of imidazole rings is 1. The lowest BCUT2D eigenvalue weighted by Crippen LogP contribution is -2.41. The van der Waals surface area contributed by atoms with Crippen LogP contribution in [0.1, 0.15) is 108 Å². The molecule has 8 aromatic rings. The third-order valence-corrected chi connectivity index (χ3v) is 14.1.